The van der Waals surface area contributed by atoms with Crippen LogP contribution in [0.2, 0.25) is 5.02 Å². The van der Waals surface area contributed by atoms with Gasteiger partial charge in [-0.1, -0.05) is 11.6 Å². The Balaban J connectivity index is 2.26. The zero-order valence-corrected chi connectivity index (χ0v) is 11.1. The number of rotatable bonds is 4. The Morgan fingerprint density at radius 2 is 2.22 bits per heavy atom. The molecule has 0 saturated carbocycles. The maximum atomic E-state index is 13.5. The molecule has 0 atom stereocenters. The van der Waals surface area contributed by atoms with E-state index in [9.17, 15) is 4.39 Å². The van der Waals surface area contributed by atoms with Gasteiger partial charge in [-0.25, -0.2) is 9.37 Å². The van der Waals surface area contributed by atoms with Crippen LogP contribution in [-0.2, 0) is 6.54 Å². The number of hydrogen-bond donors (Lipinski definition) is 1. The minimum Gasteiger partial charge on any atom is -0.363 e. The van der Waals surface area contributed by atoms with Crippen molar-refractivity contribution in [3.63, 3.8) is 0 Å². The summed E-state index contributed by atoms with van der Waals surface area (Å²) in [5.74, 6) is -0.401. The molecule has 0 amide bonds. The number of H-pyrrole nitrogens is 1. The summed E-state index contributed by atoms with van der Waals surface area (Å²) in [5, 5.41) is 0.141. The van der Waals surface area contributed by atoms with Crippen LogP contribution in [0.3, 0.4) is 0 Å². The van der Waals surface area contributed by atoms with Gasteiger partial charge < -0.3 is 9.88 Å². The highest BCUT2D eigenvalue weighted by molar-refractivity contribution is 6.30. The lowest BCUT2D eigenvalue weighted by Crippen LogP contribution is -2.30. The average molecular weight is 268 g/mol. The van der Waals surface area contributed by atoms with Crippen molar-refractivity contribution in [3.8, 4) is 0 Å². The van der Waals surface area contributed by atoms with E-state index >= 15 is 0 Å². The van der Waals surface area contributed by atoms with E-state index in [1.165, 1.54) is 6.07 Å². The lowest BCUT2D eigenvalue weighted by atomic mass is 10.2. The van der Waals surface area contributed by atoms with E-state index in [-0.39, 0.29) is 11.1 Å². The van der Waals surface area contributed by atoms with Gasteiger partial charge in [0, 0.05) is 17.9 Å². The number of aromatic nitrogens is 2. The Morgan fingerprint density at radius 3 is 2.78 bits per heavy atom. The molecule has 0 aliphatic rings. The first-order valence-corrected chi connectivity index (χ1v) is 6.15. The molecule has 0 saturated heterocycles. The van der Waals surface area contributed by atoms with E-state index in [1.54, 1.807) is 12.4 Å². The summed E-state index contributed by atoms with van der Waals surface area (Å²) in [7, 11) is 0. The van der Waals surface area contributed by atoms with Crippen LogP contribution in [0.5, 0.6) is 0 Å². The normalized spacial score (nSPS) is 10.9. The van der Waals surface area contributed by atoms with Gasteiger partial charge in [0.05, 0.1) is 23.6 Å². The maximum Gasteiger partial charge on any atom is 0.143 e. The third-order valence-corrected chi connectivity index (χ3v) is 3.05. The Bertz CT molecular complexity index is 511. The number of nitrogens with zero attached hydrogens (tertiary/aromatic N) is 2. The molecule has 0 aliphatic carbocycles. The van der Waals surface area contributed by atoms with Gasteiger partial charge in [0.2, 0.25) is 0 Å². The maximum absolute atomic E-state index is 13.5. The van der Waals surface area contributed by atoms with Gasteiger partial charge in [0.15, 0.2) is 0 Å². The molecule has 0 aliphatic heterocycles. The first kappa shape index (κ1) is 12.9. The fraction of sp³-hybridized carbons (Fsp3) is 0.308. The zero-order chi connectivity index (χ0) is 13.1. The molecular formula is C13H15ClFN3. The molecular weight excluding hydrogens is 253 g/mol. The molecule has 0 fully saturated rings. The van der Waals surface area contributed by atoms with Crippen molar-refractivity contribution in [2.45, 2.75) is 26.4 Å². The van der Waals surface area contributed by atoms with Crippen LogP contribution in [0.25, 0.3) is 0 Å². The van der Waals surface area contributed by atoms with Crippen molar-refractivity contribution in [2.75, 3.05) is 4.90 Å². The fourth-order valence-electron chi connectivity index (χ4n) is 1.79. The van der Waals surface area contributed by atoms with Crippen LogP contribution in [0, 0.1) is 5.82 Å². The van der Waals surface area contributed by atoms with Crippen LogP contribution < -0.4 is 4.90 Å². The molecule has 2 rings (SSSR count). The summed E-state index contributed by atoms with van der Waals surface area (Å²) >= 11 is 5.70. The number of hydrogen-bond acceptors (Lipinski definition) is 2. The summed E-state index contributed by atoms with van der Waals surface area (Å²) in [5.41, 5.74) is 1.72. The molecule has 0 spiro atoms. The van der Waals surface area contributed by atoms with Gasteiger partial charge in [-0.3, -0.25) is 0 Å². The molecule has 96 valence electrons. The second-order valence-corrected chi connectivity index (χ2v) is 4.79. The van der Waals surface area contributed by atoms with E-state index in [0.29, 0.717) is 6.54 Å². The summed E-state index contributed by atoms with van der Waals surface area (Å²) in [6.45, 7) is 4.74. The van der Waals surface area contributed by atoms with Gasteiger partial charge in [-0.15, -0.1) is 0 Å². The Kier molecular flexibility index (Phi) is 3.87. The Labute approximate surface area is 111 Å². The summed E-state index contributed by atoms with van der Waals surface area (Å²) in [6.07, 6.45) is 3.47. The number of halogens is 2. The molecule has 18 heavy (non-hydrogen) atoms. The van der Waals surface area contributed by atoms with E-state index in [0.717, 1.165) is 11.4 Å². The Hall–Kier alpha value is -1.55. The highest BCUT2D eigenvalue weighted by Crippen LogP contribution is 2.24. The first-order chi connectivity index (χ1) is 8.58. The monoisotopic (exact) mass is 267 g/mol. The van der Waals surface area contributed by atoms with Crippen molar-refractivity contribution in [2.24, 2.45) is 0 Å². The molecule has 1 aromatic heterocycles. The largest absolute Gasteiger partial charge is 0.363 e. The van der Waals surface area contributed by atoms with Crippen molar-refractivity contribution in [1.82, 2.24) is 9.97 Å². The predicted molar refractivity (Wildman–Crippen MR) is 71.3 cm³/mol. The predicted octanol–water partition coefficient (Wildman–Crippen LogP) is 3.62. The van der Waals surface area contributed by atoms with Crippen molar-refractivity contribution in [1.29, 1.82) is 0 Å². The summed E-state index contributed by atoms with van der Waals surface area (Å²) in [4.78, 5) is 9.16. The standard InChI is InChI=1S/C13H15ClFN3/c1-9(2)18(7-10-6-16-8-17-10)11-3-4-12(14)13(15)5-11/h3-6,8-9H,7H2,1-2H3,(H,16,17). The molecule has 1 N–H and O–H groups in total. The number of nitrogens with one attached hydrogen (secondary N) is 1. The van der Waals surface area contributed by atoms with Crippen LogP contribution in [0.4, 0.5) is 10.1 Å². The quantitative estimate of drug-likeness (QED) is 0.918. The second-order valence-electron chi connectivity index (χ2n) is 4.38. The molecule has 1 aromatic carbocycles. The Morgan fingerprint density at radius 1 is 1.44 bits per heavy atom. The van der Waals surface area contributed by atoms with E-state index in [1.807, 2.05) is 12.3 Å². The lowest BCUT2D eigenvalue weighted by Gasteiger charge is -2.28. The van der Waals surface area contributed by atoms with Gasteiger partial charge in [0.25, 0.3) is 0 Å². The molecule has 0 radical (unpaired) electrons. The fourth-order valence-corrected chi connectivity index (χ4v) is 1.91. The van der Waals surface area contributed by atoms with Crippen LogP contribution in [0.15, 0.2) is 30.7 Å². The third kappa shape index (κ3) is 2.82. The number of imidazole rings is 1. The molecule has 5 heteroatoms. The van der Waals surface area contributed by atoms with Crippen LogP contribution in [-0.4, -0.2) is 16.0 Å². The first-order valence-electron chi connectivity index (χ1n) is 5.77. The SMILES string of the molecule is CC(C)N(Cc1c[nH]cn1)c1ccc(Cl)c(F)c1. The average Bonchev–Trinajstić information content (AvgIpc) is 2.82. The van der Waals surface area contributed by atoms with Crippen molar-refractivity contribution >= 4 is 17.3 Å². The minimum atomic E-state index is -0.401. The smallest absolute Gasteiger partial charge is 0.143 e. The van der Waals surface area contributed by atoms with Crippen molar-refractivity contribution in [3.05, 3.63) is 47.3 Å². The lowest BCUT2D eigenvalue weighted by molar-refractivity contribution is 0.622. The molecule has 1 heterocycles. The molecule has 0 bridgehead atoms. The van der Waals surface area contributed by atoms with Crippen LogP contribution >= 0.6 is 11.6 Å². The molecule has 3 nitrogen and oxygen atoms in total. The van der Waals surface area contributed by atoms with Crippen molar-refractivity contribution < 1.29 is 4.39 Å². The molecule has 2 aromatic rings. The third-order valence-electron chi connectivity index (χ3n) is 2.75. The number of anilines is 1. The van der Waals surface area contributed by atoms with Gasteiger partial charge in [-0.05, 0) is 32.0 Å². The number of aromatic amines is 1. The molecule has 0 unspecified atom stereocenters. The highest BCUT2D eigenvalue weighted by atomic mass is 35.5. The van der Waals surface area contributed by atoms with Gasteiger partial charge in [-0.2, -0.15) is 0 Å². The minimum absolute atomic E-state index is 0.141. The summed E-state index contributed by atoms with van der Waals surface area (Å²) in [6, 6.07) is 5.08. The van der Waals surface area contributed by atoms with Gasteiger partial charge >= 0.3 is 0 Å². The summed E-state index contributed by atoms with van der Waals surface area (Å²) < 4.78 is 13.5. The van der Waals surface area contributed by atoms with E-state index in [4.69, 9.17) is 11.6 Å². The second kappa shape index (κ2) is 5.40. The number of benzene rings is 1. The highest BCUT2D eigenvalue weighted by Gasteiger charge is 2.13. The van der Waals surface area contributed by atoms with E-state index < -0.39 is 5.82 Å². The van der Waals surface area contributed by atoms with Gasteiger partial charge in [0.1, 0.15) is 5.82 Å². The van der Waals surface area contributed by atoms with Crippen LogP contribution in [0.1, 0.15) is 19.5 Å². The topological polar surface area (TPSA) is 31.9 Å². The van der Waals surface area contributed by atoms with E-state index in [2.05, 4.69) is 28.7 Å². The zero-order valence-electron chi connectivity index (χ0n) is 10.3.